The molecule has 2 aromatic carbocycles. The van der Waals surface area contributed by atoms with Crippen LogP contribution in [-0.2, 0) is 0 Å². The summed E-state index contributed by atoms with van der Waals surface area (Å²) in [5, 5.41) is 4.02. The van der Waals surface area contributed by atoms with E-state index in [0.29, 0.717) is 5.56 Å². The largest absolute Gasteiger partial charge is 0.485 e. The molecule has 3 rings (SSSR count). The number of ether oxygens (including phenoxy) is 1. The number of para-hydroxylation sites is 1. The molecule has 0 bridgehead atoms. The lowest BCUT2D eigenvalue weighted by Gasteiger charge is -2.22. The first-order chi connectivity index (χ1) is 10.7. The van der Waals surface area contributed by atoms with Gasteiger partial charge in [-0.3, -0.25) is 4.79 Å². The van der Waals surface area contributed by atoms with Crippen molar-refractivity contribution in [2.45, 2.75) is 13.0 Å². The number of nitrogens with one attached hydrogen (secondary N) is 1. The van der Waals surface area contributed by atoms with E-state index in [2.05, 4.69) is 10.5 Å². The van der Waals surface area contributed by atoms with Crippen LogP contribution in [0.2, 0.25) is 0 Å². The highest BCUT2D eigenvalue weighted by molar-refractivity contribution is 5.95. The van der Waals surface area contributed by atoms with E-state index in [9.17, 15) is 4.79 Å². The summed E-state index contributed by atoms with van der Waals surface area (Å²) in [5.41, 5.74) is 5.02. The van der Waals surface area contributed by atoms with E-state index in [0.717, 1.165) is 16.9 Å². The van der Waals surface area contributed by atoms with Crippen molar-refractivity contribution in [2.24, 2.45) is 5.10 Å². The van der Waals surface area contributed by atoms with E-state index < -0.39 is 0 Å². The van der Waals surface area contributed by atoms with E-state index in [1.165, 1.54) is 0 Å². The van der Waals surface area contributed by atoms with Crippen LogP contribution in [0.3, 0.4) is 0 Å². The molecule has 1 heterocycles. The lowest BCUT2D eigenvalue weighted by atomic mass is 10.0. The average Bonchev–Trinajstić information content (AvgIpc) is 2.56. The van der Waals surface area contributed by atoms with Crippen LogP contribution in [0.5, 0.6) is 5.75 Å². The molecule has 22 heavy (non-hydrogen) atoms. The molecule has 4 heteroatoms. The second-order valence-corrected chi connectivity index (χ2v) is 5.01. The Kier molecular flexibility index (Phi) is 4.01. The van der Waals surface area contributed by atoms with Crippen molar-refractivity contribution in [2.75, 3.05) is 0 Å². The predicted molar refractivity (Wildman–Crippen MR) is 86.9 cm³/mol. The van der Waals surface area contributed by atoms with Crippen LogP contribution in [0.25, 0.3) is 6.08 Å². The Balaban J connectivity index is 1.71. The zero-order valence-corrected chi connectivity index (χ0v) is 12.2. The fourth-order valence-electron chi connectivity index (χ4n) is 2.22. The Morgan fingerprint density at radius 1 is 1.14 bits per heavy atom. The zero-order chi connectivity index (χ0) is 15.4. The highest BCUT2D eigenvalue weighted by Crippen LogP contribution is 2.28. The van der Waals surface area contributed by atoms with Crippen LogP contribution in [0.15, 0.2) is 65.3 Å². The van der Waals surface area contributed by atoms with Gasteiger partial charge in [-0.2, -0.15) is 5.10 Å². The lowest BCUT2D eigenvalue weighted by Crippen LogP contribution is -2.22. The molecule has 1 aliphatic rings. The van der Waals surface area contributed by atoms with Gasteiger partial charge in [-0.25, -0.2) is 5.43 Å². The molecule has 0 aromatic heterocycles. The van der Waals surface area contributed by atoms with Crippen LogP contribution in [0.4, 0.5) is 0 Å². The molecule has 2 aromatic rings. The summed E-state index contributed by atoms with van der Waals surface area (Å²) in [7, 11) is 0. The van der Waals surface area contributed by atoms with Crippen molar-refractivity contribution in [3.63, 3.8) is 0 Å². The lowest BCUT2D eigenvalue weighted by molar-refractivity contribution is 0.0955. The van der Waals surface area contributed by atoms with Crippen LogP contribution in [0, 0.1) is 0 Å². The van der Waals surface area contributed by atoms with E-state index >= 15 is 0 Å². The summed E-state index contributed by atoms with van der Waals surface area (Å²) < 4.78 is 5.81. The number of hydrogen-bond acceptors (Lipinski definition) is 3. The van der Waals surface area contributed by atoms with Gasteiger partial charge < -0.3 is 4.74 Å². The molecule has 0 saturated carbocycles. The first-order valence-electron chi connectivity index (χ1n) is 7.10. The molecular formula is C18H16N2O2. The number of nitrogens with zero attached hydrogens (tertiary/aromatic N) is 1. The van der Waals surface area contributed by atoms with Crippen molar-refractivity contribution in [1.29, 1.82) is 0 Å². The second-order valence-electron chi connectivity index (χ2n) is 5.01. The minimum absolute atomic E-state index is 0.104. The third-order valence-electron chi connectivity index (χ3n) is 3.43. The van der Waals surface area contributed by atoms with Crippen molar-refractivity contribution in [3.05, 3.63) is 71.3 Å². The van der Waals surface area contributed by atoms with Crippen LogP contribution in [0.1, 0.15) is 22.8 Å². The van der Waals surface area contributed by atoms with E-state index in [1.807, 2.05) is 55.5 Å². The highest BCUT2D eigenvalue weighted by atomic mass is 16.5. The van der Waals surface area contributed by atoms with Gasteiger partial charge in [0.05, 0.1) is 6.21 Å². The predicted octanol–water partition coefficient (Wildman–Crippen LogP) is 3.27. The number of benzene rings is 2. The Morgan fingerprint density at radius 3 is 2.68 bits per heavy atom. The summed E-state index contributed by atoms with van der Waals surface area (Å²) in [6.45, 7) is 1.95. The number of hydrogen-bond donors (Lipinski definition) is 1. The molecular weight excluding hydrogens is 276 g/mol. The molecule has 0 spiro atoms. The number of rotatable bonds is 3. The number of carbonyl (C=O) groups is 1. The minimum atomic E-state index is -0.234. The molecule has 1 aliphatic heterocycles. The summed E-state index contributed by atoms with van der Waals surface area (Å²) in [6, 6.07) is 16.8. The Labute approximate surface area is 129 Å². The maximum atomic E-state index is 11.9. The van der Waals surface area contributed by atoms with E-state index in [1.54, 1.807) is 18.3 Å². The third kappa shape index (κ3) is 3.06. The van der Waals surface area contributed by atoms with E-state index in [-0.39, 0.29) is 12.0 Å². The van der Waals surface area contributed by atoms with E-state index in [4.69, 9.17) is 4.74 Å². The summed E-state index contributed by atoms with van der Waals surface area (Å²) in [4.78, 5) is 11.9. The van der Waals surface area contributed by atoms with Gasteiger partial charge in [-0.15, -0.1) is 0 Å². The molecule has 110 valence electrons. The Hall–Kier alpha value is -2.88. The van der Waals surface area contributed by atoms with Gasteiger partial charge in [0.2, 0.25) is 0 Å². The molecule has 0 saturated heterocycles. The summed E-state index contributed by atoms with van der Waals surface area (Å²) >= 11 is 0. The molecule has 1 atom stereocenters. The van der Waals surface area contributed by atoms with Crippen LogP contribution >= 0.6 is 0 Å². The molecule has 0 radical (unpaired) electrons. The molecule has 0 aliphatic carbocycles. The van der Waals surface area contributed by atoms with Gasteiger partial charge >= 0.3 is 0 Å². The topological polar surface area (TPSA) is 50.7 Å². The second kappa shape index (κ2) is 6.26. The number of hydrazone groups is 1. The smallest absolute Gasteiger partial charge is 0.271 e. The van der Waals surface area contributed by atoms with Crippen molar-refractivity contribution in [3.8, 4) is 5.75 Å². The number of carbonyl (C=O) groups excluding carboxylic acids is 1. The maximum absolute atomic E-state index is 11.9. The Bertz CT molecular complexity index is 736. The quantitative estimate of drug-likeness (QED) is 0.697. The molecule has 1 amide bonds. The molecule has 4 nitrogen and oxygen atoms in total. The summed E-state index contributed by atoms with van der Waals surface area (Å²) in [6.07, 6.45) is 3.54. The molecule has 0 unspecified atom stereocenters. The first-order valence-corrected chi connectivity index (χ1v) is 7.10. The minimum Gasteiger partial charge on any atom is -0.485 e. The van der Waals surface area contributed by atoms with Gasteiger partial charge in [-0.05, 0) is 31.2 Å². The Morgan fingerprint density at radius 2 is 1.86 bits per heavy atom. The molecule has 0 fully saturated rings. The maximum Gasteiger partial charge on any atom is 0.271 e. The normalized spacial score (nSPS) is 16.6. The number of amides is 1. The molecule has 1 N–H and O–H groups in total. The SMILES string of the molecule is C[C@@H]1Oc2ccccc2C=C1/C=N\NC(=O)c1ccccc1. The first kappa shape index (κ1) is 14.1. The fraction of sp³-hybridized carbons (Fsp3) is 0.111. The fourth-order valence-corrected chi connectivity index (χ4v) is 2.22. The van der Waals surface area contributed by atoms with Gasteiger partial charge in [0.25, 0.3) is 5.91 Å². The van der Waals surface area contributed by atoms with Crippen LogP contribution in [-0.4, -0.2) is 18.2 Å². The van der Waals surface area contributed by atoms with Crippen LogP contribution < -0.4 is 10.2 Å². The van der Waals surface area contributed by atoms with Crippen molar-refractivity contribution < 1.29 is 9.53 Å². The van der Waals surface area contributed by atoms with Gasteiger partial charge in [0.1, 0.15) is 11.9 Å². The van der Waals surface area contributed by atoms with Gasteiger partial charge in [0, 0.05) is 16.7 Å². The summed E-state index contributed by atoms with van der Waals surface area (Å²) in [5.74, 6) is 0.628. The third-order valence-corrected chi connectivity index (χ3v) is 3.43. The van der Waals surface area contributed by atoms with Crippen molar-refractivity contribution >= 4 is 18.2 Å². The average molecular weight is 292 g/mol. The zero-order valence-electron chi connectivity index (χ0n) is 12.2. The van der Waals surface area contributed by atoms with Gasteiger partial charge in [0.15, 0.2) is 0 Å². The van der Waals surface area contributed by atoms with Gasteiger partial charge in [-0.1, -0.05) is 36.4 Å². The highest BCUT2D eigenvalue weighted by Gasteiger charge is 2.16. The van der Waals surface area contributed by atoms with Crippen molar-refractivity contribution in [1.82, 2.24) is 5.43 Å². The monoisotopic (exact) mass is 292 g/mol. The standard InChI is InChI=1S/C18H16N2O2/c1-13-16(11-15-9-5-6-10-17(15)22-13)12-19-20-18(21)14-7-3-2-4-8-14/h2-13H,1H3,(H,20,21)/b19-12-/t13-/m0/s1. The number of fused-ring (bicyclic) bond motifs is 1.